The van der Waals surface area contributed by atoms with Crippen LogP contribution in [0, 0.1) is 0 Å². The fraction of sp³-hybridized carbons (Fsp3) is 0.448. The van der Waals surface area contributed by atoms with Gasteiger partial charge in [0, 0.05) is 70.4 Å². The summed E-state index contributed by atoms with van der Waals surface area (Å²) in [6.07, 6.45) is 5.95. The molecule has 4 aliphatic rings. The van der Waals surface area contributed by atoms with E-state index in [0.717, 1.165) is 58.6 Å². The number of nitrogens with one attached hydrogen (secondary N) is 1. The number of likely N-dealkylation sites (tertiary alicyclic amines) is 1. The summed E-state index contributed by atoms with van der Waals surface area (Å²) in [5.41, 5.74) is 5.45. The van der Waals surface area contributed by atoms with Crippen LogP contribution in [0.3, 0.4) is 0 Å². The maximum absolute atomic E-state index is 13.8. The molecule has 40 heavy (non-hydrogen) atoms. The number of anilines is 1. The Morgan fingerprint density at radius 2 is 1.90 bits per heavy atom. The largest absolute Gasteiger partial charge is 0.483 e. The molecule has 3 aliphatic heterocycles. The molecule has 8 nitrogen and oxygen atoms in total. The number of halogens is 2. The fourth-order valence-corrected chi connectivity index (χ4v) is 8.16. The number of aryl methyl sites for hydroxylation is 1. The summed E-state index contributed by atoms with van der Waals surface area (Å²) in [4.78, 5) is 42.2. The van der Waals surface area contributed by atoms with Crippen LogP contribution in [0.1, 0.15) is 49.0 Å². The van der Waals surface area contributed by atoms with Gasteiger partial charge in [-0.1, -0.05) is 11.6 Å². The molecule has 0 radical (unpaired) electrons. The second kappa shape index (κ2) is 10.7. The highest BCUT2D eigenvalue weighted by molar-refractivity contribution is 7.19. The zero-order chi connectivity index (χ0) is 28.0. The van der Waals surface area contributed by atoms with Crippen molar-refractivity contribution >= 4 is 57.1 Å². The summed E-state index contributed by atoms with van der Waals surface area (Å²) < 4.78 is 14.8. The second-order valence-corrected chi connectivity index (χ2v) is 12.6. The molecule has 1 atom stereocenters. The predicted molar refractivity (Wildman–Crippen MR) is 152 cm³/mol. The molecule has 11 heteroatoms. The van der Waals surface area contributed by atoms with E-state index in [4.69, 9.17) is 21.5 Å². The second-order valence-electron chi connectivity index (χ2n) is 11.0. The van der Waals surface area contributed by atoms with Gasteiger partial charge in [0.1, 0.15) is 6.17 Å². The molecule has 1 aromatic carbocycles. The molecule has 1 spiro atoms. The number of benzene rings is 1. The number of amides is 2. The lowest BCUT2D eigenvalue weighted by atomic mass is 9.73. The van der Waals surface area contributed by atoms with Gasteiger partial charge < -0.3 is 15.3 Å². The highest BCUT2D eigenvalue weighted by atomic mass is 35.5. The average Bonchev–Trinajstić information content (AvgIpc) is 3.62. The number of pyridine rings is 1. The van der Waals surface area contributed by atoms with E-state index in [1.807, 2.05) is 18.3 Å². The van der Waals surface area contributed by atoms with Crippen LogP contribution in [0.15, 0.2) is 30.5 Å². The number of nitrogens with zero attached hydrogens (tertiary/aromatic N) is 3. The summed E-state index contributed by atoms with van der Waals surface area (Å²) in [5, 5.41) is 11.3. The van der Waals surface area contributed by atoms with Crippen molar-refractivity contribution in [3.8, 4) is 11.1 Å². The van der Waals surface area contributed by atoms with Crippen molar-refractivity contribution < 1.29 is 23.9 Å². The number of alkyl halides is 1. The van der Waals surface area contributed by atoms with Gasteiger partial charge in [0.15, 0.2) is 0 Å². The summed E-state index contributed by atoms with van der Waals surface area (Å²) in [7, 11) is 0. The number of carboxylic acid groups (broad SMARTS) is 1. The third-order valence-electron chi connectivity index (χ3n) is 8.51. The van der Waals surface area contributed by atoms with E-state index < -0.39 is 6.17 Å². The van der Waals surface area contributed by atoms with Crippen molar-refractivity contribution in [1.82, 2.24) is 15.2 Å². The topological polar surface area (TPSA) is 103 Å². The summed E-state index contributed by atoms with van der Waals surface area (Å²) in [6.45, 7) is 1.87. The first-order chi connectivity index (χ1) is 19.3. The van der Waals surface area contributed by atoms with E-state index >= 15 is 0 Å². The van der Waals surface area contributed by atoms with Gasteiger partial charge in [0.05, 0.1) is 16.8 Å². The minimum absolute atomic E-state index is 0.0503. The van der Waals surface area contributed by atoms with Gasteiger partial charge in [-0.3, -0.25) is 24.3 Å². The van der Waals surface area contributed by atoms with Crippen LogP contribution in [0.2, 0.25) is 5.02 Å². The van der Waals surface area contributed by atoms with Crippen LogP contribution in [0.25, 0.3) is 21.3 Å². The van der Waals surface area contributed by atoms with Crippen LogP contribution in [0.5, 0.6) is 0 Å². The Labute approximate surface area is 240 Å². The van der Waals surface area contributed by atoms with Crippen molar-refractivity contribution in [2.24, 2.45) is 0 Å². The third-order valence-corrected chi connectivity index (χ3v) is 9.87. The average molecular weight is 585 g/mol. The molecule has 2 saturated heterocycles. The first kappa shape index (κ1) is 27.1. The number of imide groups is 1. The lowest BCUT2D eigenvalue weighted by molar-refractivity contribution is -0.139. The molecule has 2 aromatic heterocycles. The van der Waals surface area contributed by atoms with Crippen molar-refractivity contribution in [2.45, 2.75) is 69.2 Å². The fourth-order valence-electron chi connectivity index (χ4n) is 6.79. The van der Waals surface area contributed by atoms with Crippen molar-refractivity contribution in [2.75, 3.05) is 18.0 Å². The molecule has 210 valence electrons. The Kier molecular flexibility index (Phi) is 7.27. The van der Waals surface area contributed by atoms with E-state index in [1.165, 1.54) is 16.2 Å². The van der Waals surface area contributed by atoms with Crippen LogP contribution >= 0.6 is 22.9 Å². The molecular weight excluding hydrogens is 555 g/mol. The Hall–Kier alpha value is -3.08. The Morgan fingerprint density at radius 1 is 1.15 bits per heavy atom. The Balaban J connectivity index is 0.000000925. The SMILES string of the molecule is O=C1CCC(=O)N1Cc1cc2nccc(-c3cc(Cl)cc4c3N([C@H]3CNC5(CC(F)C5)C3)CCC4)c2s1.O=CO. The molecule has 2 N–H and O–H groups in total. The summed E-state index contributed by atoms with van der Waals surface area (Å²) >= 11 is 8.26. The zero-order valence-corrected chi connectivity index (χ0v) is 23.4. The number of carbonyl (C=O) groups is 3. The predicted octanol–water partition coefficient (Wildman–Crippen LogP) is 4.95. The summed E-state index contributed by atoms with van der Waals surface area (Å²) in [6, 6.07) is 8.50. The molecule has 0 bridgehead atoms. The maximum Gasteiger partial charge on any atom is 0.290 e. The standard InChI is InChI=1S/C28H28ClFN4O2S.CH2O2/c29-17-8-16-2-1-7-33(19-13-28(32-14-19)11-18(30)12-28)26(16)22(9-17)21-5-6-31-23-10-20(37-27(21)23)15-34-24(35)3-4-25(34)36;2-1-3/h5-6,8-10,18-19,32H,1-4,7,11-15H2;1H,(H,2,3)/t18?,19-,28?;/m1./s1. The maximum atomic E-state index is 13.8. The van der Waals surface area contributed by atoms with Gasteiger partial charge in [0.2, 0.25) is 11.8 Å². The van der Waals surface area contributed by atoms with E-state index in [-0.39, 0.29) is 23.8 Å². The number of fused-ring (bicyclic) bond motifs is 2. The van der Waals surface area contributed by atoms with Gasteiger partial charge in [-0.05, 0) is 61.9 Å². The molecule has 0 unspecified atom stereocenters. The van der Waals surface area contributed by atoms with Crippen LogP contribution in [-0.2, 0) is 27.3 Å². The number of carbonyl (C=O) groups excluding carboxylic acids is 2. The summed E-state index contributed by atoms with van der Waals surface area (Å²) in [5.74, 6) is -0.215. The lowest BCUT2D eigenvalue weighted by Crippen LogP contribution is -2.52. The molecule has 3 aromatic rings. The van der Waals surface area contributed by atoms with Gasteiger partial charge in [-0.25, -0.2) is 4.39 Å². The van der Waals surface area contributed by atoms with Crippen molar-refractivity contribution in [1.29, 1.82) is 0 Å². The number of thiophene rings is 1. The number of hydrogen-bond donors (Lipinski definition) is 2. The Bertz CT molecular complexity index is 1470. The minimum Gasteiger partial charge on any atom is -0.483 e. The van der Waals surface area contributed by atoms with Gasteiger partial charge in [0.25, 0.3) is 6.47 Å². The first-order valence-electron chi connectivity index (χ1n) is 13.6. The van der Waals surface area contributed by atoms with E-state index in [9.17, 15) is 14.0 Å². The first-order valence-corrected chi connectivity index (χ1v) is 14.8. The van der Waals surface area contributed by atoms with Crippen molar-refractivity contribution in [3.63, 3.8) is 0 Å². The number of hydrogen-bond acceptors (Lipinski definition) is 7. The molecule has 5 heterocycles. The van der Waals surface area contributed by atoms with E-state index in [0.29, 0.717) is 43.3 Å². The smallest absolute Gasteiger partial charge is 0.290 e. The molecular formula is C29H30ClFN4O4S. The molecule has 1 saturated carbocycles. The molecule has 3 fully saturated rings. The van der Waals surface area contributed by atoms with Gasteiger partial charge in [-0.2, -0.15) is 0 Å². The van der Waals surface area contributed by atoms with Gasteiger partial charge in [-0.15, -0.1) is 11.3 Å². The van der Waals surface area contributed by atoms with Crippen LogP contribution in [0.4, 0.5) is 10.1 Å². The van der Waals surface area contributed by atoms with Crippen LogP contribution in [-0.4, -0.2) is 64.1 Å². The molecule has 2 amide bonds. The van der Waals surface area contributed by atoms with E-state index in [1.54, 1.807) is 11.3 Å². The zero-order valence-electron chi connectivity index (χ0n) is 21.9. The highest BCUT2D eigenvalue weighted by Crippen LogP contribution is 2.48. The lowest BCUT2D eigenvalue weighted by Gasteiger charge is -2.43. The monoisotopic (exact) mass is 584 g/mol. The highest BCUT2D eigenvalue weighted by Gasteiger charge is 2.50. The van der Waals surface area contributed by atoms with Crippen molar-refractivity contribution in [3.05, 3.63) is 45.9 Å². The molecule has 1 aliphatic carbocycles. The minimum atomic E-state index is -0.682. The Morgan fingerprint density at radius 3 is 2.62 bits per heavy atom. The number of aromatic nitrogens is 1. The van der Waals surface area contributed by atoms with Gasteiger partial charge >= 0.3 is 0 Å². The number of rotatable bonds is 4. The molecule has 7 rings (SSSR count). The quantitative estimate of drug-likeness (QED) is 0.330. The normalized spacial score (nSPS) is 25.6. The van der Waals surface area contributed by atoms with E-state index in [2.05, 4.69) is 27.3 Å². The third kappa shape index (κ3) is 4.86. The van der Waals surface area contributed by atoms with Crippen LogP contribution < -0.4 is 10.2 Å².